The molecule has 0 saturated carbocycles. The van der Waals surface area contributed by atoms with Gasteiger partial charge in [0.2, 0.25) is 0 Å². The molecule has 2 aromatic rings. The van der Waals surface area contributed by atoms with Crippen LogP contribution in [0.3, 0.4) is 0 Å². The van der Waals surface area contributed by atoms with Gasteiger partial charge in [-0.2, -0.15) is 5.10 Å². The Balaban J connectivity index is 1.75. The zero-order chi connectivity index (χ0) is 17.1. The second kappa shape index (κ2) is 6.79. The second-order valence-corrected chi connectivity index (χ2v) is 5.80. The summed E-state index contributed by atoms with van der Waals surface area (Å²) in [5.41, 5.74) is 1.07. The Morgan fingerprint density at radius 1 is 1.33 bits per heavy atom. The largest absolute Gasteiger partial charge is 0.336 e. The highest BCUT2D eigenvalue weighted by atomic mass is 16.6. The summed E-state index contributed by atoms with van der Waals surface area (Å²) in [6.07, 6.45) is 3.73. The molecule has 2 heterocycles. The van der Waals surface area contributed by atoms with Crippen molar-refractivity contribution < 1.29 is 9.72 Å². The molecule has 0 radical (unpaired) electrons. The van der Waals surface area contributed by atoms with Gasteiger partial charge in [0, 0.05) is 37.5 Å². The minimum Gasteiger partial charge on any atom is -0.336 e. The third-order valence-corrected chi connectivity index (χ3v) is 4.25. The van der Waals surface area contributed by atoms with Gasteiger partial charge in [0.15, 0.2) is 5.69 Å². The fourth-order valence-electron chi connectivity index (χ4n) is 2.87. The number of hydrogen-bond acceptors (Lipinski definition) is 5. The Morgan fingerprint density at radius 3 is 2.75 bits per heavy atom. The number of non-ortho nitro benzene ring substituents is 1. The third kappa shape index (κ3) is 3.28. The van der Waals surface area contributed by atoms with Gasteiger partial charge in [-0.15, -0.1) is 0 Å². The van der Waals surface area contributed by atoms with Crippen molar-refractivity contribution >= 4 is 11.6 Å². The monoisotopic (exact) mass is 329 g/mol. The SMILES string of the molecule is CNC1CCCN(C(=O)c2ccn(-c3ccc([N+](=O)[O-])cc3)n2)C1. The molecule has 1 aromatic carbocycles. The molecule has 1 saturated heterocycles. The number of likely N-dealkylation sites (N-methyl/N-ethyl adjacent to an activating group) is 1. The highest BCUT2D eigenvalue weighted by Crippen LogP contribution is 2.16. The van der Waals surface area contributed by atoms with E-state index in [1.54, 1.807) is 29.1 Å². The Kier molecular flexibility index (Phi) is 4.57. The molecule has 8 heteroatoms. The number of likely N-dealkylation sites (tertiary alicyclic amines) is 1. The normalized spacial score (nSPS) is 17.7. The second-order valence-electron chi connectivity index (χ2n) is 5.80. The van der Waals surface area contributed by atoms with Crippen molar-refractivity contribution in [3.63, 3.8) is 0 Å². The summed E-state index contributed by atoms with van der Waals surface area (Å²) in [6, 6.07) is 8.04. The Morgan fingerprint density at radius 2 is 2.08 bits per heavy atom. The number of rotatable bonds is 4. The summed E-state index contributed by atoms with van der Waals surface area (Å²) >= 11 is 0. The van der Waals surface area contributed by atoms with E-state index in [0.29, 0.717) is 24.0 Å². The smallest absolute Gasteiger partial charge is 0.274 e. The van der Waals surface area contributed by atoms with Crippen LogP contribution in [0.4, 0.5) is 5.69 Å². The molecular formula is C16H19N5O3. The Hall–Kier alpha value is -2.74. The van der Waals surface area contributed by atoms with Crippen molar-refractivity contribution in [1.82, 2.24) is 20.0 Å². The van der Waals surface area contributed by atoms with E-state index in [2.05, 4.69) is 10.4 Å². The molecule has 1 unspecified atom stereocenters. The highest BCUT2D eigenvalue weighted by Gasteiger charge is 2.25. The maximum absolute atomic E-state index is 12.6. The highest BCUT2D eigenvalue weighted by molar-refractivity contribution is 5.92. The summed E-state index contributed by atoms with van der Waals surface area (Å²) in [6.45, 7) is 1.42. The van der Waals surface area contributed by atoms with Gasteiger partial charge in [0.1, 0.15) is 0 Å². The predicted octanol–water partition coefficient (Wildman–Crippen LogP) is 1.60. The standard InChI is InChI=1S/C16H19N5O3/c1-17-12-3-2-9-19(11-12)16(22)15-8-10-20(18-15)13-4-6-14(7-5-13)21(23)24/h4-8,10,12,17H,2-3,9,11H2,1H3. The van der Waals surface area contributed by atoms with Crippen LogP contribution in [0.25, 0.3) is 5.69 Å². The number of nitrogens with one attached hydrogen (secondary N) is 1. The fraction of sp³-hybridized carbons (Fsp3) is 0.375. The van der Waals surface area contributed by atoms with Crippen LogP contribution in [0.15, 0.2) is 36.5 Å². The van der Waals surface area contributed by atoms with Gasteiger partial charge in [-0.25, -0.2) is 4.68 Å². The molecule has 1 amide bonds. The number of amides is 1. The van der Waals surface area contributed by atoms with Crippen LogP contribution in [0, 0.1) is 10.1 Å². The molecule has 1 aromatic heterocycles. The minimum absolute atomic E-state index is 0.0219. The molecule has 1 fully saturated rings. The third-order valence-electron chi connectivity index (χ3n) is 4.25. The number of carbonyl (C=O) groups is 1. The molecule has 24 heavy (non-hydrogen) atoms. The summed E-state index contributed by atoms with van der Waals surface area (Å²) in [5.74, 6) is -0.0874. The average Bonchev–Trinajstić information content (AvgIpc) is 3.11. The first-order valence-electron chi connectivity index (χ1n) is 7.85. The van der Waals surface area contributed by atoms with Crippen LogP contribution in [0.1, 0.15) is 23.3 Å². The van der Waals surface area contributed by atoms with Crippen LogP contribution in [0.2, 0.25) is 0 Å². The van der Waals surface area contributed by atoms with Crippen LogP contribution in [-0.2, 0) is 0 Å². The lowest BCUT2D eigenvalue weighted by molar-refractivity contribution is -0.384. The van der Waals surface area contributed by atoms with Crippen molar-refractivity contribution in [1.29, 1.82) is 0 Å². The maximum Gasteiger partial charge on any atom is 0.274 e. The maximum atomic E-state index is 12.6. The zero-order valence-corrected chi connectivity index (χ0v) is 13.4. The number of piperidine rings is 1. The predicted molar refractivity (Wildman–Crippen MR) is 88.2 cm³/mol. The quantitative estimate of drug-likeness (QED) is 0.679. The van der Waals surface area contributed by atoms with Gasteiger partial charge in [0.05, 0.1) is 10.6 Å². The first-order chi connectivity index (χ1) is 11.6. The van der Waals surface area contributed by atoms with Crippen LogP contribution < -0.4 is 5.32 Å². The Labute approximate surface area is 139 Å². The van der Waals surface area contributed by atoms with Gasteiger partial charge >= 0.3 is 0 Å². The number of nitrogens with zero attached hydrogens (tertiary/aromatic N) is 4. The molecule has 1 atom stereocenters. The minimum atomic E-state index is -0.448. The van der Waals surface area contributed by atoms with E-state index < -0.39 is 4.92 Å². The molecule has 0 bridgehead atoms. The van der Waals surface area contributed by atoms with Gasteiger partial charge < -0.3 is 10.2 Å². The van der Waals surface area contributed by atoms with E-state index in [4.69, 9.17) is 0 Å². The molecule has 3 rings (SSSR count). The number of hydrogen-bond donors (Lipinski definition) is 1. The molecular weight excluding hydrogens is 310 g/mol. The molecule has 0 spiro atoms. The van der Waals surface area contributed by atoms with E-state index in [0.717, 1.165) is 19.4 Å². The fourth-order valence-corrected chi connectivity index (χ4v) is 2.87. The average molecular weight is 329 g/mol. The first kappa shape index (κ1) is 16.1. The summed E-state index contributed by atoms with van der Waals surface area (Å²) < 4.78 is 1.55. The lowest BCUT2D eigenvalue weighted by Gasteiger charge is -2.32. The van der Waals surface area contributed by atoms with E-state index in [9.17, 15) is 14.9 Å². The van der Waals surface area contributed by atoms with E-state index in [-0.39, 0.29) is 11.6 Å². The van der Waals surface area contributed by atoms with E-state index >= 15 is 0 Å². The number of benzene rings is 1. The van der Waals surface area contributed by atoms with Crippen molar-refractivity contribution in [2.75, 3.05) is 20.1 Å². The van der Waals surface area contributed by atoms with Gasteiger partial charge in [0.25, 0.3) is 11.6 Å². The molecule has 126 valence electrons. The number of aromatic nitrogens is 2. The number of carbonyl (C=O) groups excluding carboxylic acids is 1. The van der Waals surface area contributed by atoms with Crippen molar-refractivity contribution in [2.24, 2.45) is 0 Å². The summed E-state index contributed by atoms with van der Waals surface area (Å²) in [5, 5.41) is 18.2. The van der Waals surface area contributed by atoms with Gasteiger partial charge in [-0.1, -0.05) is 0 Å². The van der Waals surface area contributed by atoms with Gasteiger partial charge in [-0.3, -0.25) is 14.9 Å². The zero-order valence-electron chi connectivity index (χ0n) is 13.4. The van der Waals surface area contributed by atoms with Crippen molar-refractivity contribution in [2.45, 2.75) is 18.9 Å². The van der Waals surface area contributed by atoms with E-state index in [1.807, 2.05) is 11.9 Å². The summed E-state index contributed by atoms with van der Waals surface area (Å²) in [4.78, 5) is 24.6. The first-order valence-corrected chi connectivity index (χ1v) is 7.85. The van der Waals surface area contributed by atoms with Crippen LogP contribution >= 0.6 is 0 Å². The lowest BCUT2D eigenvalue weighted by Crippen LogP contribution is -2.47. The molecule has 0 aliphatic carbocycles. The van der Waals surface area contributed by atoms with Crippen molar-refractivity contribution in [3.05, 3.63) is 52.3 Å². The lowest BCUT2D eigenvalue weighted by atomic mass is 10.1. The topological polar surface area (TPSA) is 93.3 Å². The molecule has 8 nitrogen and oxygen atoms in total. The van der Waals surface area contributed by atoms with Gasteiger partial charge in [-0.05, 0) is 38.1 Å². The van der Waals surface area contributed by atoms with Crippen LogP contribution in [0.5, 0.6) is 0 Å². The number of nitro groups is 1. The Bertz CT molecular complexity index is 740. The van der Waals surface area contributed by atoms with Crippen LogP contribution in [-0.4, -0.2) is 51.7 Å². The van der Waals surface area contributed by atoms with Crippen molar-refractivity contribution in [3.8, 4) is 5.69 Å². The molecule has 1 N–H and O–H groups in total. The van der Waals surface area contributed by atoms with E-state index in [1.165, 1.54) is 12.1 Å². The summed E-state index contributed by atoms with van der Waals surface area (Å²) in [7, 11) is 1.90. The molecule has 1 aliphatic rings. The number of nitro benzene ring substituents is 1. The molecule has 1 aliphatic heterocycles.